The monoisotopic (exact) mass is 360 g/mol. The molecule has 0 spiro atoms. The van der Waals surface area contributed by atoms with Crippen LogP contribution < -0.4 is 18.9 Å². The van der Waals surface area contributed by atoms with Crippen LogP contribution in [0.1, 0.15) is 0 Å². The molecular weight excluding hydrogens is 348 g/mol. The normalized spacial score (nSPS) is 15.3. The van der Waals surface area contributed by atoms with Crippen molar-refractivity contribution in [3.05, 3.63) is 22.9 Å². The van der Waals surface area contributed by atoms with Crippen molar-refractivity contribution in [2.45, 2.75) is 0 Å². The summed E-state index contributed by atoms with van der Waals surface area (Å²) >= 11 is 3.10. The molecule has 8 heteroatoms. The number of thiophene rings is 2. The van der Waals surface area contributed by atoms with Gasteiger partial charge < -0.3 is 18.9 Å². The molecule has 2 aliphatic heterocycles. The van der Waals surface area contributed by atoms with E-state index in [0.29, 0.717) is 26.4 Å². The van der Waals surface area contributed by atoms with Crippen molar-refractivity contribution >= 4 is 22.7 Å². The molecular formula is C16H12N2O4S2. The Morgan fingerprint density at radius 2 is 1.12 bits per heavy atom. The summed E-state index contributed by atoms with van der Waals surface area (Å²) in [6.45, 7) is 2.28. The van der Waals surface area contributed by atoms with Crippen LogP contribution in [0.5, 0.6) is 23.0 Å². The number of nitrogens with zero attached hydrogens (tertiary/aromatic N) is 2. The molecule has 0 aromatic carbocycles. The third-order valence-electron chi connectivity index (χ3n) is 3.73. The molecule has 6 nitrogen and oxygen atoms in total. The van der Waals surface area contributed by atoms with Gasteiger partial charge in [0.15, 0.2) is 23.0 Å². The van der Waals surface area contributed by atoms with Crippen LogP contribution in [0.25, 0.3) is 21.1 Å². The Morgan fingerprint density at radius 1 is 0.667 bits per heavy atom. The zero-order chi connectivity index (χ0) is 15.9. The van der Waals surface area contributed by atoms with Gasteiger partial charge >= 0.3 is 0 Å². The Morgan fingerprint density at radius 3 is 1.58 bits per heavy atom. The van der Waals surface area contributed by atoms with E-state index in [1.165, 1.54) is 0 Å². The number of hydrogen-bond donors (Lipinski definition) is 0. The van der Waals surface area contributed by atoms with Crippen LogP contribution in [0.3, 0.4) is 0 Å². The van der Waals surface area contributed by atoms with Gasteiger partial charge in [0.2, 0.25) is 0 Å². The molecule has 5 heterocycles. The van der Waals surface area contributed by atoms with Crippen molar-refractivity contribution in [1.29, 1.82) is 0 Å². The van der Waals surface area contributed by atoms with Gasteiger partial charge in [0.05, 0.1) is 0 Å². The van der Waals surface area contributed by atoms with Crippen LogP contribution in [0, 0.1) is 0 Å². The van der Waals surface area contributed by atoms with E-state index in [4.69, 9.17) is 18.9 Å². The first-order valence-electron chi connectivity index (χ1n) is 7.49. The highest BCUT2D eigenvalue weighted by Crippen LogP contribution is 2.46. The summed E-state index contributed by atoms with van der Waals surface area (Å²) in [6.07, 6.45) is 0. The minimum absolute atomic E-state index is 0.556. The number of aromatic nitrogens is 2. The number of rotatable bonds is 2. The molecule has 3 aromatic rings. The van der Waals surface area contributed by atoms with Gasteiger partial charge in [0, 0.05) is 10.8 Å². The highest BCUT2D eigenvalue weighted by Gasteiger charge is 2.23. The van der Waals surface area contributed by atoms with E-state index in [2.05, 4.69) is 10.2 Å². The van der Waals surface area contributed by atoms with Crippen LogP contribution in [0.4, 0.5) is 0 Å². The quantitative estimate of drug-likeness (QED) is 0.697. The summed E-state index contributed by atoms with van der Waals surface area (Å²) in [7, 11) is 0. The predicted octanol–water partition coefficient (Wildman–Crippen LogP) is 3.48. The first-order chi connectivity index (χ1) is 11.9. The van der Waals surface area contributed by atoms with E-state index >= 15 is 0 Å². The lowest BCUT2D eigenvalue weighted by Gasteiger charge is -2.16. The molecule has 0 atom stereocenters. The van der Waals surface area contributed by atoms with E-state index in [1.807, 2.05) is 22.9 Å². The SMILES string of the molecule is c1cc(-c2scc3c2OCCO3)nnc1-c1scc2c1OCCO2. The lowest BCUT2D eigenvalue weighted by Crippen LogP contribution is -2.14. The van der Waals surface area contributed by atoms with Gasteiger partial charge in [-0.05, 0) is 12.1 Å². The van der Waals surface area contributed by atoms with Crippen molar-refractivity contribution in [2.75, 3.05) is 26.4 Å². The third-order valence-corrected chi connectivity index (χ3v) is 5.66. The van der Waals surface area contributed by atoms with Crippen molar-refractivity contribution in [3.63, 3.8) is 0 Å². The molecule has 0 amide bonds. The summed E-state index contributed by atoms with van der Waals surface area (Å²) in [5.74, 6) is 3.09. The molecule has 0 radical (unpaired) electrons. The van der Waals surface area contributed by atoms with Crippen LogP contribution in [0.2, 0.25) is 0 Å². The molecule has 0 saturated carbocycles. The zero-order valence-electron chi connectivity index (χ0n) is 12.5. The van der Waals surface area contributed by atoms with Crippen LogP contribution in [-0.4, -0.2) is 36.6 Å². The van der Waals surface area contributed by atoms with Crippen molar-refractivity contribution in [3.8, 4) is 44.1 Å². The first kappa shape index (κ1) is 14.1. The molecule has 24 heavy (non-hydrogen) atoms. The van der Waals surface area contributed by atoms with E-state index in [0.717, 1.165) is 44.1 Å². The lowest BCUT2D eigenvalue weighted by molar-refractivity contribution is 0.174. The smallest absolute Gasteiger partial charge is 0.181 e. The van der Waals surface area contributed by atoms with E-state index in [-0.39, 0.29) is 0 Å². The molecule has 0 bridgehead atoms. The maximum absolute atomic E-state index is 5.71. The summed E-state index contributed by atoms with van der Waals surface area (Å²) in [4.78, 5) is 1.88. The standard InChI is InChI=1S/C16H12N2O4S2/c1-2-10(16-14-12(8-24-16)20-4-6-22-14)18-17-9(1)15-13-11(7-23-15)19-3-5-21-13/h1-2,7-8H,3-6H2. The molecule has 0 unspecified atom stereocenters. The maximum Gasteiger partial charge on any atom is 0.181 e. The Hall–Kier alpha value is -2.32. The third kappa shape index (κ3) is 2.22. The largest absolute Gasteiger partial charge is 0.485 e. The second-order valence-electron chi connectivity index (χ2n) is 5.21. The summed E-state index contributed by atoms with van der Waals surface area (Å²) in [5, 5.41) is 12.6. The Kier molecular flexibility index (Phi) is 3.30. The molecule has 3 aromatic heterocycles. The molecule has 0 saturated heterocycles. The maximum atomic E-state index is 5.71. The van der Waals surface area contributed by atoms with Crippen molar-refractivity contribution < 1.29 is 18.9 Å². The average molecular weight is 360 g/mol. The van der Waals surface area contributed by atoms with E-state index < -0.39 is 0 Å². The van der Waals surface area contributed by atoms with Gasteiger partial charge in [-0.15, -0.1) is 32.9 Å². The van der Waals surface area contributed by atoms with Gasteiger partial charge in [-0.2, -0.15) is 0 Å². The minimum Gasteiger partial charge on any atom is -0.485 e. The fourth-order valence-corrected chi connectivity index (χ4v) is 4.45. The van der Waals surface area contributed by atoms with Gasteiger partial charge in [-0.25, -0.2) is 0 Å². The van der Waals surface area contributed by atoms with Crippen LogP contribution in [-0.2, 0) is 0 Å². The minimum atomic E-state index is 0.556. The van der Waals surface area contributed by atoms with Gasteiger partial charge in [-0.1, -0.05) is 0 Å². The van der Waals surface area contributed by atoms with E-state index in [9.17, 15) is 0 Å². The number of fused-ring (bicyclic) bond motifs is 2. The van der Waals surface area contributed by atoms with Gasteiger partial charge in [0.25, 0.3) is 0 Å². The van der Waals surface area contributed by atoms with Crippen molar-refractivity contribution in [1.82, 2.24) is 10.2 Å². The highest BCUT2D eigenvalue weighted by atomic mass is 32.1. The molecule has 5 rings (SSSR count). The van der Waals surface area contributed by atoms with Crippen LogP contribution >= 0.6 is 22.7 Å². The Bertz CT molecular complexity index is 815. The predicted molar refractivity (Wildman–Crippen MR) is 90.6 cm³/mol. The number of ether oxygens (including phenoxy) is 4. The Balaban J connectivity index is 1.50. The topological polar surface area (TPSA) is 62.7 Å². The van der Waals surface area contributed by atoms with Gasteiger partial charge in [0.1, 0.15) is 47.6 Å². The second kappa shape index (κ2) is 5.64. The number of hydrogen-bond acceptors (Lipinski definition) is 8. The highest BCUT2D eigenvalue weighted by molar-refractivity contribution is 7.14. The Labute approximate surface area is 145 Å². The molecule has 0 aliphatic carbocycles. The summed E-state index contributed by atoms with van der Waals surface area (Å²) < 4.78 is 22.6. The summed E-state index contributed by atoms with van der Waals surface area (Å²) in [6, 6.07) is 3.89. The second-order valence-corrected chi connectivity index (χ2v) is 6.97. The van der Waals surface area contributed by atoms with E-state index in [1.54, 1.807) is 22.7 Å². The lowest BCUT2D eigenvalue weighted by atomic mass is 10.2. The molecule has 122 valence electrons. The van der Waals surface area contributed by atoms with Gasteiger partial charge in [-0.3, -0.25) is 0 Å². The summed E-state index contributed by atoms with van der Waals surface area (Å²) in [5.41, 5.74) is 1.55. The first-order valence-corrected chi connectivity index (χ1v) is 9.25. The fraction of sp³-hybridized carbons (Fsp3) is 0.250. The molecule has 2 aliphatic rings. The van der Waals surface area contributed by atoms with Crippen molar-refractivity contribution in [2.24, 2.45) is 0 Å². The molecule has 0 fully saturated rings. The molecule has 0 N–H and O–H groups in total. The zero-order valence-corrected chi connectivity index (χ0v) is 14.1. The average Bonchev–Trinajstić information content (AvgIpc) is 3.26. The van der Waals surface area contributed by atoms with Crippen LogP contribution in [0.15, 0.2) is 22.9 Å². The fourth-order valence-electron chi connectivity index (χ4n) is 2.65.